The molecule has 0 aromatic heterocycles. The van der Waals surface area contributed by atoms with Crippen LogP contribution in [0, 0.1) is 0 Å². The highest BCUT2D eigenvalue weighted by Gasteiger charge is 2.25. The molecule has 10 heteroatoms. The normalized spacial score (nSPS) is 45.2. The van der Waals surface area contributed by atoms with E-state index in [2.05, 4.69) is 10.7 Å². The first kappa shape index (κ1) is 11.3. The molecule has 0 N–H and O–H groups in total. The Morgan fingerprint density at radius 3 is 3.00 bits per heavy atom. The predicted molar refractivity (Wildman–Crippen MR) is 81.1 cm³/mol. The first-order valence-corrected chi connectivity index (χ1v) is 30.0. The fourth-order valence-electron chi connectivity index (χ4n) is 1.85. The van der Waals surface area contributed by atoms with E-state index in [1.807, 2.05) is 0 Å². The van der Waals surface area contributed by atoms with E-state index in [9.17, 15) is 0 Å². The van der Waals surface area contributed by atoms with Gasteiger partial charge in [0.15, 0.2) is 17.0 Å². The van der Waals surface area contributed by atoms with Crippen molar-refractivity contribution in [2.45, 2.75) is 12.5 Å². The molecule has 2 nitrogen and oxygen atoms in total. The van der Waals surface area contributed by atoms with Gasteiger partial charge in [0.1, 0.15) is 16.7 Å². The molecule has 2 aliphatic rings. The molecule has 2 aliphatic heterocycles. The molecule has 76 valence electrons. The van der Waals surface area contributed by atoms with E-state index < -0.39 is 7.71 Å². The number of hydrogen-bond acceptors (Lipinski definition) is 3. The van der Waals surface area contributed by atoms with Gasteiger partial charge in [0, 0.05) is 23.7 Å². The van der Waals surface area contributed by atoms with Gasteiger partial charge in [-0.2, -0.15) is 10.7 Å². The second kappa shape index (κ2) is 6.39. The summed E-state index contributed by atoms with van der Waals surface area (Å²) in [7, 11) is 3.60. The molecule has 0 aromatic carbocycles. The zero-order valence-corrected chi connectivity index (χ0v) is 18.2. The van der Waals surface area contributed by atoms with E-state index in [1.165, 1.54) is 6.42 Å². The van der Waals surface area contributed by atoms with Crippen LogP contribution in [0.25, 0.3) is 0 Å². The smallest absolute Gasteiger partial charge is 0.193 e. The molecule has 0 radical (unpaired) electrons. The lowest BCUT2D eigenvalue weighted by Gasteiger charge is -2.26. The fourth-order valence-corrected chi connectivity index (χ4v) is 152. The summed E-state index contributed by atoms with van der Waals surface area (Å²) in [6.45, 7) is 1.11. The summed E-state index contributed by atoms with van der Waals surface area (Å²) in [5, 5.41) is 0. The van der Waals surface area contributed by atoms with Gasteiger partial charge in [-0.3, -0.25) is 0 Å². The lowest BCUT2D eigenvalue weighted by atomic mass is 10.5. The SMILES string of the molecule is C1CO[SiH2][SiH](S[SiH]2O[SiH2][SiH2][SiH2][SiH2]2)C1. The fraction of sp³-hybridized carbons (Fsp3) is 1.00. The van der Waals surface area contributed by atoms with Gasteiger partial charge in [0.05, 0.1) is 0 Å². The van der Waals surface area contributed by atoms with E-state index in [0.717, 1.165) is 6.61 Å². The first-order chi connectivity index (χ1) is 6.45. The topological polar surface area (TPSA) is 18.5 Å². The summed E-state index contributed by atoms with van der Waals surface area (Å²) in [4.78, 5) is 0. The van der Waals surface area contributed by atoms with Crippen LogP contribution in [0.1, 0.15) is 6.42 Å². The van der Waals surface area contributed by atoms with Gasteiger partial charge in [-0.05, 0) is 21.0 Å². The van der Waals surface area contributed by atoms with Gasteiger partial charge >= 0.3 is 0 Å². The standard InChI is InChI=1S/C3H18O2SSi7/c1-2-4-8-12(3-1)6-13-5-7-9-10-11-13/h12-13H,1-3,7-11H2. The van der Waals surface area contributed by atoms with Crippen molar-refractivity contribution in [3.8, 4) is 0 Å². The zero-order chi connectivity index (χ0) is 8.93. The highest BCUT2D eigenvalue weighted by Crippen LogP contribution is 2.19. The minimum absolute atomic E-state index is 0.00153. The molecule has 2 rings (SSSR count). The lowest BCUT2D eigenvalue weighted by Crippen LogP contribution is -2.44. The molecule has 0 amide bonds. The Hall–Kier alpha value is 1.79. The van der Waals surface area contributed by atoms with Crippen molar-refractivity contribution in [1.82, 2.24) is 0 Å². The van der Waals surface area contributed by atoms with Crippen molar-refractivity contribution in [2.24, 2.45) is 0 Å². The molecule has 2 atom stereocenters. The molecule has 0 aromatic rings. The summed E-state index contributed by atoms with van der Waals surface area (Å²) in [6.07, 6.45) is 1.39. The molecule has 2 fully saturated rings. The van der Waals surface area contributed by atoms with E-state index in [0.29, 0.717) is 25.7 Å². The molecule has 0 aliphatic carbocycles. The van der Waals surface area contributed by atoms with Gasteiger partial charge < -0.3 is 8.54 Å². The highest BCUT2D eigenvalue weighted by atomic mass is 32.5. The lowest BCUT2D eigenvalue weighted by molar-refractivity contribution is 0.336. The average molecular weight is 315 g/mol. The second-order valence-corrected chi connectivity index (χ2v) is 52.9. The van der Waals surface area contributed by atoms with Gasteiger partial charge in [-0.1, -0.05) is 0 Å². The third kappa shape index (κ3) is 4.04. The Balaban J connectivity index is 1.69. The molecular formula is C3H18O2SSi7. The summed E-state index contributed by atoms with van der Waals surface area (Å²) >= 11 is 0. The van der Waals surface area contributed by atoms with Crippen molar-refractivity contribution in [2.75, 3.05) is 6.61 Å². The Kier molecular flexibility index (Phi) is 5.54. The van der Waals surface area contributed by atoms with E-state index >= 15 is 0 Å². The maximum absolute atomic E-state index is 6.18. The van der Waals surface area contributed by atoms with Gasteiger partial charge in [0.2, 0.25) is 0 Å². The van der Waals surface area contributed by atoms with Crippen LogP contribution in [-0.4, -0.2) is 66.0 Å². The van der Waals surface area contributed by atoms with Crippen LogP contribution in [-0.2, 0) is 8.54 Å². The van der Waals surface area contributed by atoms with Crippen LogP contribution in [0.3, 0.4) is 0 Å². The highest BCUT2D eigenvalue weighted by molar-refractivity contribution is 8.51. The summed E-state index contributed by atoms with van der Waals surface area (Å²) in [5.74, 6) is 0. The van der Waals surface area contributed by atoms with Crippen LogP contribution in [0.5, 0.6) is 0 Å². The largest absolute Gasteiger partial charge is 0.462 e. The first-order valence-electron chi connectivity index (χ1n) is 5.30. The van der Waals surface area contributed by atoms with E-state index in [-0.39, 0.29) is 26.0 Å². The quantitative estimate of drug-likeness (QED) is 0.479. The van der Waals surface area contributed by atoms with Crippen molar-refractivity contribution >= 4 is 70.1 Å². The Bertz CT molecular complexity index is 133. The van der Waals surface area contributed by atoms with Crippen molar-refractivity contribution < 1.29 is 8.54 Å². The predicted octanol–water partition coefficient (Wildman–Crippen LogP) is -4.47. The summed E-state index contributed by atoms with van der Waals surface area (Å²) in [5.41, 5.74) is 0. The maximum atomic E-state index is 6.18. The molecular weight excluding hydrogens is 297 g/mol. The molecule has 2 heterocycles. The van der Waals surface area contributed by atoms with Crippen LogP contribution in [0.4, 0.5) is 0 Å². The Morgan fingerprint density at radius 1 is 1.31 bits per heavy atom. The third-order valence-electron chi connectivity index (χ3n) is 2.60. The monoisotopic (exact) mass is 314 g/mol. The third-order valence-corrected chi connectivity index (χ3v) is 89.3. The Morgan fingerprint density at radius 2 is 2.31 bits per heavy atom. The average Bonchev–Trinajstić information content (AvgIpc) is 2.21. The van der Waals surface area contributed by atoms with Crippen molar-refractivity contribution in [3.05, 3.63) is 0 Å². The molecule has 2 unspecified atom stereocenters. The number of rotatable bonds is 2. The summed E-state index contributed by atoms with van der Waals surface area (Å²) < 4.78 is 11.9. The minimum atomic E-state index is -0.469. The molecule has 0 spiro atoms. The van der Waals surface area contributed by atoms with Gasteiger partial charge in [-0.25, -0.2) is 0 Å². The van der Waals surface area contributed by atoms with Crippen molar-refractivity contribution in [1.29, 1.82) is 0 Å². The van der Waals surface area contributed by atoms with E-state index in [4.69, 9.17) is 8.54 Å². The van der Waals surface area contributed by atoms with Crippen molar-refractivity contribution in [3.63, 3.8) is 0 Å². The van der Waals surface area contributed by atoms with Crippen LogP contribution >= 0.6 is 10.7 Å². The van der Waals surface area contributed by atoms with Crippen LogP contribution < -0.4 is 0 Å². The van der Waals surface area contributed by atoms with Crippen LogP contribution in [0.2, 0.25) is 6.04 Å². The zero-order valence-electron chi connectivity index (χ0n) is 8.04. The summed E-state index contributed by atoms with van der Waals surface area (Å²) in [6, 6.07) is 1.61. The number of hydrogen-bond donors (Lipinski definition) is 0. The molecule has 13 heavy (non-hydrogen) atoms. The molecule has 0 bridgehead atoms. The molecule has 2 saturated heterocycles. The van der Waals surface area contributed by atoms with Crippen LogP contribution in [0.15, 0.2) is 0 Å². The Labute approximate surface area is 97.2 Å². The second-order valence-electron chi connectivity index (χ2n) is 3.77. The minimum Gasteiger partial charge on any atom is -0.462 e. The van der Waals surface area contributed by atoms with Gasteiger partial charge in [-0.15, -0.1) is 0 Å². The maximum Gasteiger partial charge on any atom is 0.193 e. The van der Waals surface area contributed by atoms with E-state index in [1.54, 1.807) is 6.04 Å². The molecule has 0 saturated carbocycles. The van der Waals surface area contributed by atoms with Gasteiger partial charge in [0.25, 0.3) is 0 Å².